The van der Waals surface area contributed by atoms with E-state index >= 15 is 0 Å². The predicted octanol–water partition coefficient (Wildman–Crippen LogP) is 2.97. The maximum absolute atomic E-state index is 9.66. The summed E-state index contributed by atoms with van der Waals surface area (Å²) in [5.41, 5.74) is 1.13. The van der Waals surface area contributed by atoms with Crippen LogP contribution in [0.3, 0.4) is 0 Å². The van der Waals surface area contributed by atoms with Crippen molar-refractivity contribution in [3.8, 4) is 0 Å². The molecular formula is C18H17OPS. The summed E-state index contributed by atoms with van der Waals surface area (Å²) in [6.07, 6.45) is 6.16. The van der Waals surface area contributed by atoms with Crippen LogP contribution in [0.2, 0.25) is 0 Å². The molecule has 1 aliphatic carbocycles. The zero-order valence-corrected chi connectivity index (χ0v) is 13.3. The third-order valence-electron chi connectivity index (χ3n) is 3.84. The molecule has 0 aliphatic heterocycles. The largest absolute Gasteiger partial charge is 0.392 e. The average molecular weight is 312 g/mol. The topological polar surface area (TPSA) is 20.2 Å². The fourth-order valence-electron chi connectivity index (χ4n) is 2.78. The van der Waals surface area contributed by atoms with E-state index in [-0.39, 0.29) is 12.3 Å². The monoisotopic (exact) mass is 312 g/mol. The molecule has 0 heterocycles. The van der Waals surface area contributed by atoms with Gasteiger partial charge in [0.1, 0.15) is 0 Å². The van der Waals surface area contributed by atoms with Crippen molar-refractivity contribution in [1.29, 1.82) is 0 Å². The van der Waals surface area contributed by atoms with Gasteiger partial charge in [-0.05, 0) is 16.2 Å². The van der Waals surface area contributed by atoms with Crippen LogP contribution >= 0.6 is 6.04 Å². The fourth-order valence-corrected chi connectivity index (χ4v) is 7.27. The summed E-state index contributed by atoms with van der Waals surface area (Å²) in [4.78, 5) is 0. The quantitative estimate of drug-likeness (QED) is 0.876. The summed E-state index contributed by atoms with van der Waals surface area (Å²) < 4.78 is 0. The standard InChI is InChI=1S/C18H17OPS/c19-14-15-8-7-13-18(15)20(21,16-9-3-1-4-10-16)17-11-5-2-6-12-17/h1-13,18-19H,14H2. The maximum Gasteiger partial charge on any atom is 0.0654 e. The van der Waals surface area contributed by atoms with Crippen LogP contribution in [0.5, 0.6) is 0 Å². The second-order valence-electron chi connectivity index (χ2n) is 5.06. The Morgan fingerprint density at radius 2 is 1.43 bits per heavy atom. The average Bonchev–Trinajstić information content (AvgIpc) is 3.05. The summed E-state index contributed by atoms with van der Waals surface area (Å²) in [6.45, 7) is 0.0652. The number of aliphatic hydroxyl groups excluding tert-OH is 1. The Bertz CT molecular complexity index is 676. The molecular weight excluding hydrogens is 295 g/mol. The van der Waals surface area contributed by atoms with Gasteiger partial charge in [0.15, 0.2) is 0 Å². The number of aliphatic hydroxyl groups is 1. The summed E-state index contributed by atoms with van der Waals surface area (Å²) in [5.74, 6) is 0. The van der Waals surface area contributed by atoms with Crippen LogP contribution in [0.1, 0.15) is 0 Å². The third kappa shape index (κ3) is 2.55. The highest BCUT2D eigenvalue weighted by atomic mass is 32.4. The van der Waals surface area contributed by atoms with E-state index in [1.807, 2.05) is 48.6 Å². The molecule has 3 heteroatoms. The van der Waals surface area contributed by atoms with Crippen LogP contribution in [0, 0.1) is 0 Å². The first-order valence-electron chi connectivity index (χ1n) is 6.96. The van der Waals surface area contributed by atoms with Crippen LogP contribution in [0.15, 0.2) is 84.5 Å². The lowest BCUT2D eigenvalue weighted by Crippen LogP contribution is -2.25. The number of rotatable bonds is 4. The molecule has 1 nitrogen and oxygen atoms in total. The number of allylic oxidation sites excluding steroid dienone is 3. The van der Waals surface area contributed by atoms with Crippen molar-refractivity contribution in [2.75, 3.05) is 6.61 Å². The van der Waals surface area contributed by atoms with Gasteiger partial charge >= 0.3 is 0 Å². The first kappa shape index (κ1) is 14.5. The van der Waals surface area contributed by atoms with Gasteiger partial charge in [-0.2, -0.15) is 0 Å². The van der Waals surface area contributed by atoms with Crippen molar-refractivity contribution < 1.29 is 5.11 Å². The van der Waals surface area contributed by atoms with Gasteiger partial charge in [0.25, 0.3) is 0 Å². The number of hydrogen-bond acceptors (Lipinski definition) is 2. The number of benzene rings is 2. The molecule has 1 N–H and O–H groups in total. The van der Waals surface area contributed by atoms with Crippen LogP contribution in [-0.2, 0) is 11.8 Å². The summed E-state index contributed by atoms with van der Waals surface area (Å²) in [7, 11) is 0. The highest BCUT2D eigenvalue weighted by Crippen LogP contribution is 2.53. The normalized spacial score (nSPS) is 17.8. The van der Waals surface area contributed by atoms with E-state index in [4.69, 9.17) is 11.8 Å². The van der Waals surface area contributed by atoms with Crippen molar-refractivity contribution in [2.24, 2.45) is 0 Å². The molecule has 2 aromatic carbocycles. The SMILES string of the molecule is OCC1=CC=CC1P(=S)(c1ccccc1)c1ccccc1. The van der Waals surface area contributed by atoms with Crippen molar-refractivity contribution in [3.63, 3.8) is 0 Å². The van der Waals surface area contributed by atoms with Gasteiger partial charge in [0.05, 0.1) is 6.61 Å². The maximum atomic E-state index is 9.66. The van der Waals surface area contributed by atoms with Crippen LogP contribution in [0.4, 0.5) is 0 Å². The summed E-state index contributed by atoms with van der Waals surface area (Å²) in [5, 5.41) is 12.0. The molecule has 0 aromatic heterocycles. The third-order valence-corrected chi connectivity index (χ3v) is 9.20. The highest BCUT2D eigenvalue weighted by molar-refractivity contribution is 8.22. The Kier molecular flexibility index (Phi) is 4.21. The van der Waals surface area contributed by atoms with Gasteiger partial charge in [-0.1, -0.05) is 90.7 Å². The van der Waals surface area contributed by atoms with E-state index in [0.717, 1.165) is 5.57 Å². The highest BCUT2D eigenvalue weighted by Gasteiger charge is 2.33. The Hall–Kier alpha value is -1.47. The van der Waals surface area contributed by atoms with Gasteiger partial charge in [-0.15, -0.1) is 0 Å². The van der Waals surface area contributed by atoms with Crippen molar-refractivity contribution in [2.45, 2.75) is 5.66 Å². The molecule has 1 unspecified atom stereocenters. The minimum atomic E-state index is -2.03. The van der Waals surface area contributed by atoms with Crippen LogP contribution in [0.25, 0.3) is 0 Å². The van der Waals surface area contributed by atoms with E-state index in [9.17, 15) is 5.11 Å². The molecule has 0 bridgehead atoms. The van der Waals surface area contributed by atoms with E-state index < -0.39 is 6.04 Å². The summed E-state index contributed by atoms with van der Waals surface area (Å²) >= 11 is 6.25. The second-order valence-corrected chi connectivity index (χ2v) is 9.69. The van der Waals surface area contributed by atoms with Crippen LogP contribution < -0.4 is 10.6 Å². The molecule has 106 valence electrons. The fraction of sp³-hybridized carbons (Fsp3) is 0.111. The molecule has 21 heavy (non-hydrogen) atoms. The Morgan fingerprint density at radius 3 is 1.90 bits per heavy atom. The first-order chi connectivity index (χ1) is 10.3. The molecule has 1 aliphatic rings. The molecule has 2 aromatic rings. The Morgan fingerprint density at radius 1 is 0.905 bits per heavy atom. The molecule has 0 saturated heterocycles. The van der Waals surface area contributed by atoms with Crippen LogP contribution in [-0.4, -0.2) is 17.4 Å². The van der Waals surface area contributed by atoms with E-state index in [1.165, 1.54) is 10.6 Å². The molecule has 0 spiro atoms. The lowest BCUT2D eigenvalue weighted by Gasteiger charge is -2.30. The minimum Gasteiger partial charge on any atom is -0.392 e. The molecule has 0 radical (unpaired) electrons. The summed E-state index contributed by atoms with van der Waals surface area (Å²) in [6, 6.07) is 18.7. The lowest BCUT2D eigenvalue weighted by atomic mass is 10.2. The van der Waals surface area contributed by atoms with E-state index in [0.29, 0.717) is 0 Å². The lowest BCUT2D eigenvalue weighted by molar-refractivity contribution is 0.330. The Labute approximate surface area is 130 Å². The predicted molar refractivity (Wildman–Crippen MR) is 94.5 cm³/mol. The minimum absolute atomic E-state index is 0.0652. The van der Waals surface area contributed by atoms with Gasteiger partial charge in [0, 0.05) is 11.7 Å². The van der Waals surface area contributed by atoms with E-state index in [1.54, 1.807) is 0 Å². The molecule has 0 amide bonds. The van der Waals surface area contributed by atoms with Gasteiger partial charge in [-0.3, -0.25) is 0 Å². The smallest absolute Gasteiger partial charge is 0.0654 e. The molecule has 3 rings (SSSR count). The van der Waals surface area contributed by atoms with Crippen molar-refractivity contribution >= 4 is 28.5 Å². The zero-order chi connectivity index (χ0) is 14.7. The zero-order valence-electron chi connectivity index (χ0n) is 11.6. The van der Waals surface area contributed by atoms with Gasteiger partial charge in [-0.25, -0.2) is 0 Å². The van der Waals surface area contributed by atoms with E-state index in [2.05, 4.69) is 30.3 Å². The molecule has 1 atom stereocenters. The van der Waals surface area contributed by atoms with Crippen molar-refractivity contribution in [3.05, 3.63) is 84.5 Å². The molecule has 0 saturated carbocycles. The second kappa shape index (κ2) is 6.11. The number of hydrogen-bond donors (Lipinski definition) is 1. The van der Waals surface area contributed by atoms with Crippen molar-refractivity contribution in [1.82, 2.24) is 0 Å². The first-order valence-corrected chi connectivity index (χ1v) is 9.83. The molecule has 0 fully saturated rings. The van der Waals surface area contributed by atoms with Gasteiger partial charge < -0.3 is 5.11 Å². The van der Waals surface area contributed by atoms with Gasteiger partial charge in [0.2, 0.25) is 0 Å². The Balaban J connectivity index is 2.20.